The molecule has 1 fully saturated rings. The number of nitrogens with zero attached hydrogens (tertiary/aromatic N) is 1. The summed E-state index contributed by atoms with van der Waals surface area (Å²) < 4.78 is 49.3. The molecule has 1 aromatic heterocycles. The molecular weight excluding hydrogens is 387 g/mol. The molecule has 0 unspecified atom stereocenters. The van der Waals surface area contributed by atoms with Crippen LogP contribution in [-0.2, 0) is 11.0 Å². The van der Waals surface area contributed by atoms with Gasteiger partial charge in [-0.15, -0.1) is 0 Å². The summed E-state index contributed by atoms with van der Waals surface area (Å²) in [6.45, 7) is 0.535. The zero-order chi connectivity index (χ0) is 19.6. The van der Waals surface area contributed by atoms with E-state index in [1.807, 2.05) is 0 Å². The van der Waals surface area contributed by atoms with Crippen LogP contribution in [0.1, 0.15) is 18.4 Å². The van der Waals surface area contributed by atoms with Crippen molar-refractivity contribution in [2.45, 2.75) is 19.0 Å². The monoisotopic (exact) mass is 401 g/mol. The molecule has 2 amide bonds. The number of imide groups is 1. The molecular formula is C17H14F3NO5S. The van der Waals surface area contributed by atoms with E-state index in [1.165, 1.54) is 23.1 Å². The topological polar surface area (TPSA) is 76.8 Å². The molecule has 0 N–H and O–H groups in total. The number of hydrogen-bond acceptors (Lipinski definition) is 6. The lowest BCUT2D eigenvalue weighted by Gasteiger charge is -2.13. The molecule has 0 radical (unpaired) electrons. The highest BCUT2D eigenvalue weighted by Gasteiger charge is 2.34. The highest BCUT2D eigenvalue weighted by Crippen LogP contribution is 2.34. The summed E-state index contributed by atoms with van der Waals surface area (Å²) in [7, 11) is 0. The molecule has 0 bridgehead atoms. The van der Waals surface area contributed by atoms with Gasteiger partial charge in [-0.3, -0.25) is 14.5 Å². The lowest BCUT2D eigenvalue weighted by atomic mass is 10.1. The summed E-state index contributed by atoms with van der Waals surface area (Å²) in [5.74, 6) is 0.210. The van der Waals surface area contributed by atoms with Crippen LogP contribution in [0.25, 0.3) is 11.0 Å². The van der Waals surface area contributed by atoms with Crippen LogP contribution in [-0.4, -0.2) is 35.0 Å². The molecule has 1 aliphatic heterocycles. The van der Waals surface area contributed by atoms with Crippen LogP contribution in [0, 0.1) is 0 Å². The fourth-order valence-corrected chi connectivity index (χ4v) is 3.38. The average molecular weight is 401 g/mol. The van der Waals surface area contributed by atoms with Crippen molar-refractivity contribution in [3.05, 3.63) is 40.2 Å². The lowest BCUT2D eigenvalue weighted by Crippen LogP contribution is -2.29. The van der Waals surface area contributed by atoms with Crippen LogP contribution >= 0.6 is 11.8 Å². The van der Waals surface area contributed by atoms with Gasteiger partial charge >= 0.3 is 11.8 Å². The van der Waals surface area contributed by atoms with Gasteiger partial charge in [0.25, 0.3) is 5.24 Å². The van der Waals surface area contributed by atoms with Crippen molar-refractivity contribution >= 4 is 33.9 Å². The van der Waals surface area contributed by atoms with Crippen molar-refractivity contribution in [2.75, 3.05) is 18.9 Å². The van der Waals surface area contributed by atoms with Crippen LogP contribution < -0.4 is 10.4 Å². The maximum atomic E-state index is 13.0. The fraction of sp³-hybridized carbons (Fsp3) is 0.353. The van der Waals surface area contributed by atoms with E-state index >= 15 is 0 Å². The molecule has 0 saturated carbocycles. The molecule has 6 nitrogen and oxygen atoms in total. The number of ether oxygens (including phenoxy) is 1. The number of thioether (sulfide) groups is 1. The van der Waals surface area contributed by atoms with E-state index in [2.05, 4.69) is 0 Å². The van der Waals surface area contributed by atoms with Crippen molar-refractivity contribution in [3.8, 4) is 5.75 Å². The van der Waals surface area contributed by atoms with E-state index in [0.717, 1.165) is 11.8 Å². The highest BCUT2D eigenvalue weighted by atomic mass is 32.2. The van der Waals surface area contributed by atoms with Crippen LogP contribution in [0.2, 0.25) is 0 Å². The second-order valence-corrected chi connectivity index (χ2v) is 6.72. The van der Waals surface area contributed by atoms with Gasteiger partial charge in [0.2, 0.25) is 5.91 Å². The van der Waals surface area contributed by atoms with Crippen LogP contribution in [0.3, 0.4) is 0 Å². The molecule has 2 aromatic rings. The number of carbonyl (C=O) groups is 2. The number of hydrogen-bond donors (Lipinski definition) is 0. The first kappa shape index (κ1) is 19.3. The molecule has 10 heteroatoms. The summed E-state index contributed by atoms with van der Waals surface area (Å²) in [6.07, 6.45) is -3.59. The normalized spacial score (nSPS) is 15.0. The summed E-state index contributed by atoms with van der Waals surface area (Å²) in [5, 5.41) is -0.482. The van der Waals surface area contributed by atoms with Crippen LogP contribution in [0.4, 0.5) is 18.0 Å². The predicted octanol–water partition coefficient (Wildman–Crippen LogP) is 3.67. The number of amides is 2. The smallest absolute Gasteiger partial charge is 0.417 e. The first-order valence-electron chi connectivity index (χ1n) is 8.01. The standard InChI is InChI=1S/C17H14F3NO5S/c18-17(19,20)12-8-15(23)26-13-7-10(3-4-11(12)13)25-6-2-1-5-21-14(22)9-27-16(21)24/h3-4,7-8H,1-2,5-6,9H2. The Morgan fingerprint density at radius 2 is 1.93 bits per heavy atom. The largest absolute Gasteiger partial charge is 0.493 e. The van der Waals surface area contributed by atoms with Gasteiger partial charge in [-0.1, -0.05) is 11.8 Å². The van der Waals surface area contributed by atoms with Crippen molar-refractivity contribution < 1.29 is 31.9 Å². The van der Waals surface area contributed by atoms with E-state index in [-0.39, 0.29) is 40.2 Å². The van der Waals surface area contributed by atoms with E-state index < -0.39 is 17.4 Å². The third kappa shape index (κ3) is 4.44. The maximum absolute atomic E-state index is 13.0. The maximum Gasteiger partial charge on any atom is 0.417 e. The third-order valence-electron chi connectivity index (χ3n) is 3.91. The van der Waals surface area contributed by atoms with Gasteiger partial charge in [0.1, 0.15) is 11.3 Å². The Hall–Kier alpha value is -2.49. The van der Waals surface area contributed by atoms with Crippen molar-refractivity contribution in [3.63, 3.8) is 0 Å². The average Bonchev–Trinajstić information content (AvgIpc) is 2.91. The number of carbonyl (C=O) groups excluding carboxylic acids is 2. The number of halogens is 3. The summed E-state index contributed by atoms with van der Waals surface area (Å²) in [5.41, 5.74) is -2.36. The highest BCUT2D eigenvalue weighted by molar-refractivity contribution is 8.14. The van der Waals surface area contributed by atoms with Gasteiger partial charge in [0.15, 0.2) is 0 Å². The number of alkyl halides is 3. The van der Waals surface area contributed by atoms with Crippen molar-refractivity contribution in [2.24, 2.45) is 0 Å². The van der Waals surface area contributed by atoms with Crippen LogP contribution in [0.15, 0.2) is 33.5 Å². The van der Waals surface area contributed by atoms with Crippen molar-refractivity contribution in [1.29, 1.82) is 0 Å². The fourth-order valence-electron chi connectivity index (χ4n) is 2.63. The Labute approximate surface area is 155 Å². The second kappa shape index (κ2) is 7.63. The molecule has 1 saturated heterocycles. The zero-order valence-electron chi connectivity index (χ0n) is 13.9. The van der Waals surface area contributed by atoms with Gasteiger partial charge in [0.05, 0.1) is 17.9 Å². The Morgan fingerprint density at radius 3 is 2.59 bits per heavy atom. The Balaban J connectivity index is 1.60. The molecule has 0 spiro atoms. The second-order valence-electron chi connectivity index (χ2n) is 5.79. The molecule has 1 aromatic carbocycles. The van der Waals surface area contributed by atoms with Crippen molar-refractivity contribution in [1.82, 2.24) is 4.90 Å². The minimum Gasteiger partial charge on any atom is -0.493 e. The van der Waals surface area contributed by atoms with Crippen LogP contribution in [0.5, 0.6) is 5.75 Å². The third-order valence-corrected chi connectivity index (χ3v) is 4.77. The Bertz CT molecular complexity index is 924. The molecule has 27 heavy (non-hydrogen) atoms. The van der Waals surface area contributed by atoms with E-state index in [0.29, 0.717) is 25.5 Å². The molecule has 0 aliphatic carbocycles. The number of fused-ring (bicyclic) bond motifs is 1. The van der Waals surface area contributed by atoms with E-state index in [1.54, 1.807) is 0 Å². The molecule has 0 atom stereocenters. The van der Waals surface area contributed by atoms with Gasteiger partial charge < -0.3 is 9.15 Å². The molecule has 144 valence electrons. The summed E-state index contributed by atoms with van der Waals surface area (Å²) in [4.78, 5) is 35.5. The Morgan fingerprint density at radius 1 is 1.15 bits per heavy atom. The quantitative estimate of drug-likeness (QED) is 0.543. The van der Waals surface area contributed by atoms with Gasteiger partial charge in [0, 0.05) is 24.1 Å². The van der Waals surface area contributed by atoms with E-state index in [9.17, 15) is 27.6 Å². The molecule has 3 rings (SSSR count). The molecule has 1 aliphatic rings. The predicted molar refractivity (Wildman–Crippen MR) is 91.8 cm³/mol. The minimum absolute atomic E-state index is 0.164. The Kier molecular flexibility index (Phi) is 5.45. The zero-order valence-corrected chi connectivity index (χ0v) is 14.7. The first-order valence-corrected chi connectivity index (χ1v) is 8.99. The summed E-state index contributed by atoms with van der Waals surface area (Å²) >= 11 is 0.969. The summed E-state index contributed by atoms with van der Waals surface area (Å²) in [6, 6.07) is 4.20. The first-order chi connectivity index (χ1) is 12.8. The van der Waals surface area contributed by atoms with Gasteiger partial charge in [-0.25, -0.2) is 4.79 Å². The lowest BCUT2D eigenvalue weighted by molar-refractivity contribution is -0.136. The van der Waals surface area contributed by atoms with Gasteiger partial charge in [-0.05, 0) is 25.0 Å². The molecule has 2 heterocycles. The van der Waals surface area contributed by atoms with E-state index in [4.69, 9.17) is 9.15 Å². The number of rotatable bonds is 6. The van der Waals surface area contributed by atoms with Gasteiger partial charge in [-0.2, -0.15) is 13.2 Å². The SMILES string of the molecule is O=C1CSC(=O)N1CCCCOc1ccc2c(C(F)(F)F)cc(=O)oc2c1. The number of benzene rings is 1. The minimum atomic E-state index is -4.67. The number of unbranched alkanes of at least 4 members (excludes halogenated alkanes) is 1.